The molecule has 124 valence electrons. The Bertz CT molecular complexity index is 884. The molecule has 2 aromatic heterocycles. The molecule has 0 radical (unpaired) electrons. The number of carbonyl (C=O) groups is 1. The van der Waals surface area contributed by atoms with Crippen LogP contribution in [0.15, 0.2) is 42.6 Å². The molecule has 0 fully saturated rings. The number of hydrogen-bond donors (Lipinski definition) is 0. The van der Waals surface area contributed by atoms with Gasteiger partial charge in [0.05, 0.1) is 5.52 Å². The van der Waals surface area contributed by atoms with Crippen molar-refractivity contribution < 1.29 is 4.79 Å². The normalized spacial score (nSPS) is 12.3. The lowest BCUT2D eigenvalue weighted by molar-refractivity contribution is 0.0738. The minimum absolute atomic E-state index is 0.0348. The van der Waals surface area contributed by atoms with Crippen LogP contribution in [0.1, 0.15) is 28.7 Å². The van der Waals surface area contributed by atoms with Crippen molar-refractivity contribution in [2.24, 2.45) is 7.05 Å². The molecule has 0 N–H and O–H groups in total. The van der Waals surface area contributed by atoms with Gasteiger partial charge < -0.3 is 4.90 Å². The minimum Gasteiger partial charge on any atom is -0.337 e. The van der Waals surface area contributed by atoms with Crippen LogP contribution in [0.4, 0.5) is 0 Å². The van der Waals surface area contributed by atoms with Crippen LogP contribution in [0.3, 0.4) is 0 Å². The Morgan fingerprint density at radius 1 is 1.29 bits per heavy atom. The Labute approximate surface area is 141 Å². The second kappa shape index (κ2) is 6.43. The quantitative estimate of drug-likeness (QED) is 0.742. The lowest BCUT2D eigenvalue weighted by Gasteiger charge is -2.24. The van der Waals surface area contributed by atoms with Crippen LogP contribution in [0, 0.1) is 6.92 Å². The average Bonchev–Trinajstić information content (AvgIpc) is 2.91. The van der Waals surface area contributed by atoms with Crippen LogP contribution >= 0.6 is 0 Å². The van der Waals surface area contributed by atoms with Gasteiger partial charge in [-0.2, -0.15) is 5.10 Å². The maximum Gasteiger partial charge on any atom is 0.274 e. The molecule has 0 spiro atoms. The molecule has 5 nitrogen and oxygen atoms in total. The van der Waals surface area contributed by atoms with Gasteiger partial charge in [0, 0.05) is 43.8 Å². The highest BCUT2D eigenvalue weighted by Gasteiger charge is 2.23. The molecule has 0 aliphatic carbocycles. The summed E-state index contributed by atoms with van der Waals surface area (Å²) in [6.45, 7) is 4.08. The van der Waals surface area contributed by atoms with Gasteiger partial charge in [-0.3, -0.25) is 14.5 Å². The van der Waals surface area contributed by atoms with Crippen molar-refractivity contribution in [1.82, 2.24) is 19.7 Å². The zero-order valence-electron chi connectivity index (χ0n) is 14.5. The average molecular weight is 322 g/mol. The van der Waals surface area contributed by atoms with Crippen LogP contribution in [0.2, 0.25) is 0 Å². The predicted octanol–water partition coefficient (Wildman–Crippen LogP) is 2.98. The number of aromatic nitrogens is 3. The fourth-order valence-corrected chi connectivity index (χ4v) is 2.89. The van der Waals surface area contributed by atoms with E-state index >= 15 is 0 Å². The standard InChI is InChI=1S/C19H22N4O/c1-13-9-10-20-15(11-13)12-14(2)22(3)19(24)18-16-7-5-6-8-17(16)23(4)21-18/h5-11,14H,12H2,1-4H3. The first-order valence-corrected chi connectivity index (χ1v) is 8.08. The number of aryl methyl sites for hydroxylation is 2. The molecular formula is C19H22N4O. The lowest BCUT2D eigenvalue weighted by Crippen LogP contribution is -2.37. The molecule has 0 saturated carbocycles. The van der Waals surface area contributed by atoms with E-state index < -0.39 is 0 Å². The maximum absolute atomic E-state index is 12.9. The van der Waals surface area contributed by atoms with Gasteiger partial charge in [0.2, 0.25) is 0 Å². The number of fused-ring (bicyclic) bond motifs is 1. The Morgan fingerprint density at radius 2 is 2.04 bits per heavy atom. The Balaban J connectivity index is 1.83. The number of rotatable bonds is 4. The van der Waals surface area contributed by atoms with Gasteiger partial charge in [-0.1, -0.05) is 18.2 Å². The van der Waals surface area contributed by atoms with Gasteiger partial charge in [-0.25, -0.2) is 0 Å². The summed E-state index contributed by atoms with van der Waals surface area (Å²) >= 11 is 0. The van der Waals surface area contributed by atoms with E-state index in [1.807, 2.05) is 64.5 Å². The van der Waals surface area contributed by atoms with Crippen molar-refractivity contribution in [2.45, 2.75) is 26.3 Å². The highest BCUT2D eigenvalue weighted by atomic mass is 16.2. The van der Waals surface area contributed by atoms with Crippen molar-refractivity contribution in [1.29, 1.82) is 0 Å². The largest absolute Gasteiger partial charge is 0.337 e. The third kappa shape index (κ3) is 3.02. The number of hydrogen-bond acceptors (Lipinski definition) is 3. The minimum atomic E-state index is -0.0630. The Kier molecular flexibility index (Phi) is 4.34. The number of para-hydroxylation sites is 1. The summed E-state index contributed by atoms with van der Waals surface area (Å²) in [5.74, 6) is -0.0630. The number of benzene rings is 1. The number of carbonyl (C=O) groups excluding carboxylic acids is 1. The topological polar surface area (TPSA) is 51.0 Å². The van der Waals surface area contributed by atoms with E-state index in [-0.39, 0.29) is 11.9 Å². The second-order valence-electron chi connectivity index (χ2n) is 6.28. The molecule has 1 amide bonds. The molecule has 1 aromatic carbocycles. The Hall–Kier alpha value is -2.69. The van der Waals surface area contributed by atoms with E-state index in [9.17, 15) is 4.79 Å². The summed E-state index contributed by atoms with van der Waals surface area (Å²) in [6, 6.07) is 11.9. The zero-order valence-corrected chi connectivity index (χ0v) is 14.5. The highest BCUT2D eigenvalue weighted by Crippen LogP contribution is 2.20. The van der Waals surface area contributed by atoms with Gasteiger partial charge in [0.15, 0.2) is 5.69 Å². The molecule has 3 rings (SSSR count). The summed E-state index contributed by atoms with van der Waals surface area (Å²) in [7, 11) is 3.69. The zero-order chi connectivity index (χ0) is 17.3. The molecule has 1 atom stereocenters. The summed E-state index contributed by atoms with van der Waals surface area (Å²) in [5, 5.41) is 5.31. The fourth-order valence-electron chi connectivity index (χ4n) is 2.89. The van der Waals surface area contributed by atoms with Crippen LogP contribution in [-0.2, 0) is 13.5 Å². The van der Waals surface area contributed by atoms with Gasteiger partial charge >= 0.3 is 0 Å². The van der Waals surface area contributed by atoms with Crippen LogP contribution in [0.5, 0.6) is 0 Å². The van der Waals surface area contributed by atoms with Crippen molar-refractivity contribution in [3.05, 3.63) is 59.5 Å². The van der Waals surface area contributed by atoms with E-state index in [0.29, 0.717) is 12.1 Å². The highest BCUT2D eigenvalue weighted by molar-refractivity contribution is 6.04. The van der Waals surface area contributed by atoms with Crippen molar-refractivity contribution in [2.75, 3.05) is 7.05 Å². The van der Waals surface area contributed by atoms with Crippen LogP contribution in [0.25, 0.3) is 10.9 Å². The van der Waals surface area contributed by atoms with Crippen LogP contribution < -0.4 is 0 Å². The first kappa shape index (κ1) is 16.2. The van der Waals surface area contributed by atoms with Gasteiger partial charge in [-0.05, 0) is 37.6 Å². The van der Waals surface area contributed by atoms with Crippen molar-refractivity contribution in [3.63, 3.8) is 0 Å². The number of likely N-dealkylation sites (N-methyl/N-ethyl adjacent to an activating group) is 1. The van der Waals surface area contributed by atoms with Gasteiger partial charge in [0.25, 0.3) is 5.91 Å². The van der Waals surface area contributed by atoms with E-state index in [4.69, 9.17) is 0 Å². The van der Waals surface area contributed by atoms with Crippen molar-refractivity contribution in [3.8, 4) is 0 Å². The smallest absolute Gasteiger partial charge is 0.274 e. The third-order valence-electron chi connectivity index (χ3n) is 4.42. The molecule has 0 aliphatic rings. The summed E-state index contributed by atoms with van der Waals surface area (Å²) < 4.78 is 1.75. The number of pyridine rings is 1. The first-order valence-electron chi connectivity index (χ1n) is 8.08. The Morgan fingerprint density at radius 3 is 2.79 bits per heavy atom. The molecule has 0 aliphatic heterocycles. The maximum atomic E-state index is 12.9. The van der Waals surface area contributed by atoms with E-state index in [1.54, 1.807) is 9.58 Å². The van der Waals surface area contributed by atoms with E-state index in [0.717, 1.165) is 16.6 Å². The SMILES string of the molecule is Cc1ccnc(CC(C)N(C)C(=O)c2nn(C)c3ccccc23)c1. The molecular weight excluding hydrogens is 300 g/mol. The third-order valence-corrected chi connectivity index (χ3v) is 4.42. The summed E-state index contributed by atoms with van der Waals surface area (Å²) in [5.41, 5.74) is 3.63. The van der Waals surface area contributed by atoms with Crippen molar-refractivity contribution >= 4 is 16.8 Å². The molecule has 2 heterocycles. The van der Waals surface area contributed by atoms with Gasteiger partial charge in [0.1, 0.15) is 0 Å². The summed E-state index contributed by atoms with van der Waals surface area (Å²) in [6.07, 6.45) is 2.53. The molecule has 1 unspecified atom stereocenters. The molecule has 0 saturated heterocycles. The number of amides is 1. The molecule has 0 bridgehead atoms. The summed E-state index contributed by atoms with van der Waals surface area (Å²) in [4.78, 5) is 19.0. The monoisotopic (exact) mass is 322 g/mol. The predicted molar refractivity (Wildman–Crippen MR) is 94.9 cm³/mol. The molecule has 3 aromatic rings. The number of nitrogens with zero attached hydrogens (tertiary/aromatic N) is 4. The van der Waals surface area contributed by atoms with Gasteiger partial charge in [-0.15, -0.1) is 0 Å². The fraction of sp³-hybridized carbons (Fsp3) is 0.316. The van der Waals surface area contributed by atoms with E-state index in [1.165, 1.54) is 5.56 Å². The lowest BCUT2D eigenvalue weighted by atomic mass is 10.1. The van der Waals surface area contributed by atoms with Crippen LogP contribution in [-0.4, -0.2) is 38.7 Å². The first-order chi connectivity index (χ1) is 11.5. The van der Waals surface area contributed by atoms with E-state index in [2.05, 4.69) is 16.1 Å². The second-order valence-corrected chi connectivity index (χ2v) is 6.28. The molecule has 24 heavy (non-hydrogen) atoms. The molecule has 5 heteroatoms.